The minimum absolute atomic E-state index is 0.00876. The number of nitrogen functional groups attached to an aromatic ring is 1. The number of hydrogen-bond donors (Lipinski definition) is 2. The second kappa shape index (κ2) is 8.35. The monoisotopic (exact) mass is 406 g/mol. The third-order valence-electron chi connectivity index (χ3n) is 3.47. The number of anilines is 2. The summed E-state index contributed by atoms with van der Waals surface area (Å²) in [7, 11) is 0. The molecule has 1 aromatic carbocycles. The predicted molar refractivity (Wildman–Crippen MR) is 105 cm³/mol. The van der Waals surface area contributed by atoms with Crippen LogP contribution in [0.15, 0.2) is 23.4 Å². The smallest absolute Gasteiger partial charge is 0.338 e. The summed E-state index contributed by atoms with van der Waals surface area (Å²) in [4.78, 5) is 28.6. The molecule has 2 aromatic heterocycles. The molecular weight excluding hydrogens is 388 g/mol. The summed E-state index contributed by atoms with van der Waals surface area (Å²) in [6.45, 7) is 4.03. The second-order valence-electron chi connectivity index (χ2n) is 5.33. The van der Waals surface area contributed by atoms with Crippen molar-refractivity contribution in [2.75, 3.05) is 23.4 Å². The summed E-state index contributed by atoms with van der Waals surface area (Å²) < 4.78 is 7.33. The van der Waals surface area contributed by atoms with Gasteiger partial charge in [-0.3, -0.25) is 9.36 Å². The van der Waals surface area contributed by atoms with Gasteiger partial charge in [-0.05, 0) is 30.9 Å². The number of carbonyl (C=O) groups excluding carboxylic acids is 2. The topological polar surface area (TPSA) is 125 Å². The molecule has 142 valence electrons. The van der Waals surface area contributed by atoms with Gasteiger partial charge in [0.2, 0.25) is 11.9 Å². The van der Waals surface area contributed by atoms with Crippen LogP contribution in [0.5, 0.6) is 0 Å². The predicted octanol–water partition coefficient (Wildman–Crippen LogP) is 2.40. The molecule has 0 bridgehead atoms. The van der Waals surface area contributed by atoms with Crippen LogP contribution in [0, 0.1) is 0 Å². The van der Waals surface area contributed by atoms with Gasteiger partial charge in [-0.25, -0.2) is 9.78 Å². The van der Waals surface area contributed by atoms with Crippen molar-refractivity contribution in [2.45, 2.75) is 25.5 Å². The number of rotatable bonds is 7. The van der Waals surface area contributed by atoms with Crippen molar-refractivity contribution >= 4 is 56.3 Å². The fourth-order valence-corrected chi connectivity index (χ4v) is 3.90. The van der Waals surface area contributed by atoms with Crippen LogP contribution >= 0.6 is 23.1 Å². The molecule has 11 heteroatoms. The number of amides is 1. The standard InChI is InChI=1S/C16H18N6O3S2/c1-3-25-13(24)9-5-6-10-11(7-9)27-15(18-10)19-12(23)8-22-14(17)20-21-16(22)26-4-2/h5-7H,3-4,8H2,1-2H3,(H2,17,20)(H,18,19,23). The van der Waals surface area contributed by atoms with E-state index in [0.717, 1.165) is 10.5 Å². The quantitative estimate of drug-likeness (QED) is 0.453. The molecule has 0 spiro atoms. The van der Waals surface area contributed by atoms with E-state index in [1.54, 1.807) is 29.7 Å². The number of aromatic nitrogens is 4. The number of nitrogens with zero attached hydrogens (tertiary/aromatic N) is 4. The molecule has 0 aliphatic rings. The van der Waals surface area contributed by atoms with Crippen LogP contribution in [0.4, 0.5) is 11.1 Å². The van der Waals surface area contributed by atoms with Crippen molar-refractivity contribution in [2.24, 2.45) is 0 Å². The maximum atomic E-state index is 12.4. The van der Waals surface area contributed by atoms with Gasteiger partial charge in [-0.1, -0.05) is 30.0 Å². The van der Waals surface area contributed by atoms with Crippen LogP contribution in [-0.4, -0.2) is 44.0 Å². The number of nitrogens with one attached hydrogen (secondary N) is 1. The Morgan fingerprint density at radius 3 is 2.89 bits per heavy atom. The second-order valence-corrected chi connectivity index (χ2v) is 7.59. The fraction of sp³-hybridized carbons (Fsp3) is 0.312. The first kappa shape index (κ1) is 19.1. The first-order valence-electron chi connectivity index (χ1n) is 8.20. The maximum absolute atomic E-state index is 12.4. The summed E-state index contributed by atoms with van der Waals surface area (Å²) >= 11 is 2.73. The minimum atomic E-state index is -0.387. The van der Waals surface area contributed by atoms with E-state index in [1.165, 1.54) is 23.1 Å². The maximum Gasteiger partial charge on any atom is 0.338 e. The first-order chi connectivity index (χ1) is 13.0. The van der Waals surface area contributed by atoms with Crippen molar-refractivity contribution in [3.8, 4) is 0 Å². The number of ether oxygens (including phenoxy) is 1. The van der Waals surface area contributed by atoms with E-state index in [9.17, 15) is 9.59 Å². The summed E-state index contributed by atoms with van der Waals surface area (Å²) in [5, 5.41) is 11.5. The Kier molecular flexibility index (Phi) is 5.91. The zero-order valence-electron chi connectivity index (χ0n) is 14.8. The van der Waals surface area contributed by atoms with Crippen LogP contribution < -0.4 is 11.1 Å². The van der Waals surface area contributed by atoms with Crippen LogP contribution in [-0.2, 0) is 16.1 Å². The Balaban J connectivity index is 1.73. The Hall–Kier alpha value is -2.66. The molecule has 0 radical (unpaired) electrons. The highest BCUT2D eigenvalue weighted by Gasteiger charge is 2.15. The average Bonchev–Trinajstić information content (AvgIpc) is 3.19. The number of fused-ring (bicyclic) bond motifs is 1. The molecule has 0 atom stereocenters. The fourth-order valence-electron chi connectivity index (χ4n) is 2.31. The third kappa shape index (κ3) is 4.37. The van der Waals surface area contributed by atoms with Gasteiger partial charge in [0.25, 0.3) is 0 Å². The van der Waals surface area contributed by atoms with E-state index in [0.29, 0.717) is 28.0 Å². The number of thiazole rings is 1. The minimum Gasteiger partial charge on any atom is -0.462 e. The Labute approximate surface area is 163 Å². The largest absolute Gasteiger partial charge is 0.462 e. The molecule has 3 rings (SSSR count). The molecule has 0 saturated heterocycles. The van der Waals surface area contributed by atoms with E-state index in [-0.39, 0.29) is 24.4 Å². The van der Waals surface area contributed by atoms with Gasteiger partial charge in [0.15, 0.2) is 10.3 Å². The van der Waals surface area contributed by atoms with Crippen molar-refractivity contribution in [1.82, 2.24) is 19.7 Å². The van der Waals surface area contributed by atoms with Gasteiger partial charge in [-0.15, -0.1) is 10.2 Å². The number of esters is 1. The number of nitrogens with two attached hydrogens (primary N) is 1. The lowest BCUT2D eigenvalue weighted by molar-refractivity contribution is -0.116. The zero-order chi connectivity index (χ0) is 19.4. The van der Waals surface area contributed by atoms with E-state index in [1.807, 2.05) is 6.92 Å². The molecule has 27 heavy (non-hydrogen) atoms. The molecule has 0 saturated carbocycles. The van der Waals surface area contributed by atoms with Crippen molar-refractivity contribution in [3.63, 3.8) is 0 Å². The lowest BCUT2D eigenvalue weighted by atomic mass is 10.2. The summed E-state index contributed by atoms with van der Waals surface area (Å²) in [5.41, 5.74) is 6.92. The summed E-state index contributed by atoms with van der Waals surface area (Å²) in [6.07, 6.45) is 0. The first-order valence-corrected chi connectivity index (χ1v) is 10.0. The summed E-state index contributed by atoms with van der Waals surface area (Å²) in [6, 6.07) is 5.08. The number of hydrogen-bond acceptors (Lipinski definition) is 9. The zero-order valence-corrected chi connectivity index (χ0v) is 16.4. The van der Waals surface area contributed by atoms with Gasteiger partial charge in [-0.2, -0.15) is 0 Å². The van der Waals surface area contributed by atoms with E-state index >= 15 is 0 Å². The van der Waals surface area contributed by atoms with Crippen LogP contribution in [0.3, 0.4) is 0 Å². The molecule has 0 fully saturated rings. The van der Waals surface area contributed by atoms with Crippen molar-refractivity contribution in [1.29, 1.82) is 0 Å². The highest BCUT2D eigenvalue weighted by Crippen LogP contribution is 2.27. The van der Waals surface area contributed by atoms with Crippen LogP contribution in [0.2, 0.25) is 0 Å². The molecule has 3 N–H and O–H groups in total. The third-order valence-corrected chi connectivity index (χ3v) is 5.25. The van der Waals surface area contributed by atoms with Crippen LogP contribution in [0.1, 0.15) is 24.2 Å². The van der Waals surface area contributed by atoms with Gasteiger partial charge in [0, 0.05) is 0 Å². The number of benzene rings is 1. The molecule has 0 unspecified atom stereocenters. The molecule has 0 aliphatic heterocycles. The van der Waals surface area contributed by atoms with E-state index < -0.39 is 0 Å². The summed E-state index contributed by atoms with van der Waals surface area (Å²) in [5.74, 6) is 0.302. The molecule has 2 heterocycles. The van der Waals surface area contributed by atoms with Gasteiger partial charge in [0.1, 0.15) is 6.54 Å². The number of thioether (sulfide) groups is 1. The number of carbonyl (C=O) groups is 2. The molecule has 1 amide bonds. The van der Waals surface area contributed by atoms with Crippen molar-refractivity contribution in [3.05, 3.63) is 23.8 Å². The highest BCUT2D eigenvalue weighted by atomic mass is 32.2. The van der Waals surface area contributed by atoms with Gasteiger partial charge >= 0.3 is 5.97 Å². The highest BCUT2D eigenvalue weighted by molar-refractivity contribution is 7.99. The molecule has 3 aromatic rings. The van der Waals surface area contributed by atoms with Crippen LogP contribution in [0.25, 0.3) is 10.2 Å². The lowest BCUT2D eigenvalue weighted by Gasteiger charge is -2.06. The van der Waals surface area contributed by atoms with Gasteiger partial charge < -0.3 is 15.8 Å². The van der Waals surface area contributed by atoms with E-state index in [2.05, 4.69) is 20.5 Å². The van der Waals surface area contributed by atoms with E-state index in [4.69, 9.17) is 10.5 Å². The molecule has 9 nitrogen and oxygen atoms in total. The Morgan fingerprint density at radius 1 is 1.33 bits per heavy atom. The SMILES string of the molecule is CCOC(=O)c1ccc2nc(NC(=O)Cn3c(N)nnc3SCC)sc2c1. The normalized spacial score (nSPS) is 10.9. The average molecular weight is 406 g/mol. The van der Waals surface area contributed by atoms with Gasteiger partial charge in [0.05, 0.1) is 22.4 Å². The lowest BCUT2D eigenvalue weighted by Crippen LogP contribution is -2.20. The molecule has 0 aliphatic carbocycles. The van der Waals surface area contributed by atoms with Crippen molar-refractivity contribution < 1.29 is 14.3 Å². The molecular formula is C16H18N6O3S2. The Bertz CT molecular complexity index is 984. The Morgan fingerprint density at radius 2 is 2.15 bits per heavy atom.